The van der Waals surface area contributed by atoms with Crippen molar-refractivity contribution in [3.8, 4) is 0 Å². The van der Waals surface area contributed by atoms with Gasteiger partial charge in [-0.15, -0.1) is 0 Å². The molecule has 184 valence electrons. The zero-order valence-corrected chi connectivity index (χ0v) is 23.4. The highest BCUT2D eigenvalue weighted by Crippen LogP contribution is 2.48. The Kier molecular flexibility index (Phi) is 6.76. The van der Waals surface area contributed by atoms with Crippen LogP contribution in [0.4, 0.5) is 11.4 Å². The van der Waals surface area contributed by atoms with Crippen LogP contribution in [0.2, 0.25) is 0 Å². The Morgan fingerprint density at radius 2 is 1.28 bits per heavy atom. The van der Waals surface area contributed by atoms with Crippen LogP contribution in [0.1, 0.15) is 45.4 Å². The summed E-state index contributed by atoms with van der Waals surface area (Å²) in [5.41, 5.74) is 3.85. The van der Waals surface area contributed by atoms with Crippen LogP contribution in [0.15, 0.2) is 57.7 Å². The molecule has 0 amide bonds. The van der Waals surface area contributed by atoms with Crippen LogP contribution in [0.3, 0.4) is 0 Å². The minimum atomic E-state index is -0.417. The Morgan fingerprint density at radius 1 is 0.806 bits per heavy atom. The van der Waals surface area contributed by atoms with E-state index in [4.69, 9.17) is 13.1 Å². The molecule has 0 saturated heterocycles. The first kappa shape index (κ1) is 25.1. The van der Waals surface area contributed by atoms with Gasteiger partial charge in [0.15, 0.2) is 11.4 Å². The largest absolute Gasteiger partial charge is 0.390 e. The number of nitrogens with zero attached hydrogens (tertiary/aromatic N) is 4. The van der Waals surface area contributed by atoms with Crippen molar-refractivity contribution in [3.05, 3.63) is 80.6 Å². The molecule has 2 aliphatic carbocycles. The standard InChI is InChI=1S/C15H15BrN2.C14H13BrN2O/c1-15(5-6-15)7-8-18-10-13(16)12-9-11(17-2)3-4-14(12)18;1-16-10-2-3-13-11(8-10)12(15)9-17(13)7-6-14(18)4-5-14/h3-4,9-10H,5-8H2,1H3;2-3,8-9,18H,4-7H2. The second kappa shape index (κ2) is 9.71. The van der Waals surface area contributed by atoms with Crippen LogP contribution >= 0.6 is 31.9 Å². The quantitative estimate of drug-likeness (QED) is 0.218. The van der Waals surface area contributed by atoms with Crippen LogP contribution in [0, 0.1) is 18.6 Å². The maximum Gasteiger partial charge on any atom is 0.188 e. The Bertz CT molecular complexity index is 1410. The molecule has 7 heteroatoms. The average molecular weight is 608 g/mol. The predicted octanol–water partition coefficient (Wildman–Crippen LogP) is 9.01. The number of aliphatic hydroxyl groups is 1. The Hall–Kier alpha value is -2.58. The van der Waals surface area contributed by atoms with E-state index in [2.05, 4.69) is 69.9 Å². The molecule has 0 atom stereocenters. The monoisotopic (exact) mass is 606 g/mol. The first-order chi connectivity index (χ1) is 17.2. The van der Waals surface area contributed by atoms with Gasteiger partial charge in [0.25, 0.3) is 0 Å². The number of rotatable bonds is 6. The summed E-state index contributed by atoms with van der Waals surface area (Å²) >= 11 is 7.12. The van der Waals surface area contributed by atoms with Gasteiger partial charge in [-0.25, -0.2) is 9.69 Å². The SMILES string of the molecule is [C-]#[N+]c1ccc2c(c1)c(Br)cn2CCC1(C)CC1.[C-]#[N+]c1ccc2c(c1)c(Br)cn2CCC1(O)CC1. The summed E-state index contributed by atoms with van der Waals surface area (Å²) in [7, 11) is 0. The molecule has 2 saturated carbocycles. The molecule has 0 radical (unpaired) electrons. The van der Waals surface area contributed by atoms with Crippen LogP contribution < -0.4 is 0 Å². The maximum absolute atomic E-state index is 9.89. The summed E-state index contributed by atoms with van der Waals surface area (Å²) in [4.78, 5) is 6.93. The van der Waals surface area contributed by atoms with Gasteiger partial charge in [0.1, 0.15) is 0 Å². The van der Waals surface area contributed by atoms with Gasteiger partial charge in [-0.05, 0) is 100 Å². The van der Waals surface area contributed by atoms with Crippen LogP contribution in [0.5, 0.6) is 0 Å². The van der Waals surface area contributed by atoms with Gasteiger partial charge in [0.05, 0.1) is 18.7 Å². The Morgan fingerprint density at radius 3 is 1.69 bits per heavy atom. The van der Waals surface area contributed by atoms with Gasteiger partial charge in [0, 0.05) is 56.2 Å². The topological polar surface area (TPSA) is 38.8 Å². The fourth-order valence-electron chi connectivity index (χ4n) is 4.57. The molecule has 6 rings (SSSR count). The van der Waals surface area contributed by atoms with Gasteiger partial charge in [0.2, 0.25) is 0 Å². The molecule has 0 unspecified atom stereocenters. The smallest absolute Gasteiger partial charge is 0.188 e. The van der Waals surface area contributed by atoms with Crippen molar-refractivity contribution < 1.29 is 5.11 Å². The van der Waals surface area contributed by atoms with Gasteiger partial charge >= 0.3 is 0 Å². The Labute approximate surface area is 228 Å². The summed E-state index contributed by atoms with van der Waals surface area (Å²) in [5, 5.41) is 12.1. The molecule has 2 fully saturated rings. The van der Waals surface area contributed by atoms with Crippen molar-refractivity contribution >= 4 is 65.0 Å². The van der Waals surface area contributed by atoms with Crippen LogP contribution in [-0.2, 0) is 13.1 Å². The highest BCUT2D eigenvalue weighted by Gasteiger charge is 2.39. The number of benzene rings is 2. The molecule has 2 heterocycles. The second-order valence-electron chi connectivity index (χ2n) is 10.5. The molecule has 2 aromatic carbocycles. The minimum absolute atomic E-state index is 0.417. The third-order valence-corrected chi connectivity index (χ3v) is 8.86. The molecule has 1 N–H and O–H groups in total. The van der Waals surface area contributed by atoms with Crippen LogP contribution in [0.25, 0.3) is 31.5 Å². The van der Waals surface area contributed by atoms with E-state index in [1.807, 2.05) is 36.5 Å². The number of hydrogen-bond acceptors (Lipinski definition) is 1. The summed E-state index contributed by atoms with van der Waals surface area (Å²) in [5.74, 6) is 0. The molecular weight excluding hydrogens is 580 g/mol. The lowest BCUT2D eigenvalue weighted by atomic mass is 10.1. The van der Waals surface area contributed by atoms with E-state index in [9.17, 15) is 5.11 Å². The fraction of sp³-hybridized carbons (Fsp3) is 0.379. The van der Waals surface area contributed by atoms with Gasteiger partial charge < -0.3 is 14.2 Å². The summed E-state index contributed by atoms with van der Waals surface area (Å²) in [6, 6.07) is 11.6. The van der Waals surface area contributed by atoms with Crippen molar-refractivity contribution in [1.29, 1.82) is 0 Å². The van der Waals surface area contributed by atoms with Crippen molar-refractivity contribution in [2.24, 2.45) is 5.41 Å². The van der Waals surface area contributed by atoms with Crippen molar-refractivity contribution in [1.82, 2.24) is 9.13 Å². The molecular formula is C29H28Br2N4O. The first-order valence-electron chi connectivity index (χ1n) is 12.3. The molecule has 36 heavy (non-hydrogen) atoms. The average Bonchev–Trinajstić information content (AvgIpc) is 3.76. The van der Waals surface area contributed by atoms with E-state index < -0.39 is 5.60 Å². The van der Waals surface area contributed by atoms with Crippen LogP contribution in [-0.4, -0.2) is 19.8 Å². The normalized spacial score (nSPS) is 16.7. The van der Waals surface area contributed by atoms with Gasteiger partial charge in [-0.3, -0.25) is 0 Å². The minimum Gasteiger partial charge on any atom is -0.390 e. The molecule has 2 aliphatic rings. The Balaban J connectivity index is 0.000000148. The van der Waals surface area contributed by atoms with E-state index in [-0.39, 0.29) is 0 Å². The van der Waals surface area contributed by atoms with E-state index >= 15 is 0 Å². The van der Waals surface area contributed by atoms with E-state index in [0.717, 1.165) is 57.6 Å². The fourth-order valence-corrected chi connectivity index (χ4v) is 5.70. The van der Waals surface area contributed by atoms with Gasteiger partial charge in [-0.1, -0.05) is 19.1 Å². The maximum atomic E-state index is 9.89. The number of halogens is 2. The van der Waals surface area contributed by atoms with Gasteiger partial charge in [-0.2, -0.15) is 0 Å². The summed E-state index contributed by atoms with van der Waals surface area (Å²) in [6.07, 6.45) is 10.8. The van der Waals surface area contributed by atoms with E-state index in [1.54, 1.807) is 0 Å². The molecule has 0 aliphatic heterocycles. The van der Waals surface area contributed by atoms with Crippen molar-refractivity contribution in [3.63, 3.8) is 0 Å². The lowest BCUT2D eigenvalue weighted by molar-refractivity contribution is 0.134. The van der Waals surface area contributed by atoms with Crippen molar-refractivity contribution in [2.75, 3.05) is 0 Å². The predicted molar refractivity (Wildman–Crippen MR) is 153 cm³/mol. The van der Waals surface area contributed by atoms with E-state index in [0.29, 0.717) is 16.8 Å². The zero-order chi connectivity index (χ0) is 25.5. The van der Waals surface area contributed by atoms with Crippen molar-refractivity contribution in [2.45, 2.75) is 64.1 Å². The highest BCUT2D eigenvalue weighted by molar-refractivity contribution is 9.11. The third kappa shape index (κ3) is 5.39. The molecule has 2 aromatic heterocycles. The summed E-state index contributed by atoms with van der Waals surface area (Å²) in [6.45, 7) is 18.4. The van der Waals surface area contributed by atoms with E-state index in [1.165, 1.54) is 24.8 Å². The first-order valence-corrected chi connectivity index (χ1v) is 13.9. The highest BCUT2D eigenvalue weighted by atomic mass is 79.9. The lowest BCUT2D eigenvalue weighted by Crippen LogP contribution is -2.10. The number of fused-ring (bicyclic) bond motifs is 2. The molecule has 0 bridgehead atoms. The second-order valence-corrected chi connectivity index (χ2v) is 12.2. The number of hydrogen-bond donors (Lipinski definition) is 1. The molecule has 4 aromatic rings. The number of aromatic nitrogens is 2. The summed E-state index contributed by atoms with van der Waals surface area (Å²) < 4.78 is 6.54. The molecule has 5 nitrogen and oxygen atoms in total. The number of aryl methyl sites for hydroxylation is 2. The zero-order valence-electron chi connectivity index (χ0n) is 20.3. The third-order valence-electron chi connectivity index (χ3n) is 7.60. The lowest BCUT2D eigenvalue weighted by Gasteiger charge is -2.10. The molecule has 0 spiro atoms.